The first-order chi connectivity index (χ1) is 11.4. The van der Waals surface area contributed by atoms with E-state index >= 15 is 0 Å². The number of carbonyl (C=O) groups is 2. The molecule has 0 aliphatic carbocycles. The first-order valence-corrected chi connectivity index (χ1v) is 7.51. The van der Waals surface area contributed by atoms with Crippen LogP contribution in [0, 0.1) is 11.6 Å². The highest BCUT2D eigenvalue weighted by molar-refractivity contribution is 5.99. The fraction of sp³-hybridized carbons (Fsp3) is 0.222. The lowest BCUT2D eigenvalue weighted by Crippen LogP contribution is -2.36. The van der Waals surface area contributed by atoms with Crippen molar-refractivity contribution in [1.82, 2.24) is 4.90 Å². The van der Waals surface area contributed by atoms with E-state index < -0.39 is 29.0 Å². The van der Waals surface area contributed by atoms with E-state index in [1.165, 1.54) is 13.1 Å². The highest BCUT2D eigenvalue weighted by Gasteiger charge is 2.22. The molecule has 0 aliphatic rings. The van der Waals surface area contributed by atoms with Crippen LogP contribution >= 0.6 is 0 Å². The fourth-order valence-corrected chi connectivity index (χ4v) is 2.32. The Bertz CT molecular complexity index is 742. The Morgan fingerprint density at radius 3 is 2.29 bits per heavy atom. The summed E-state index contributed by atoms with van der Waals surface area (Å²) in [7, 11) is 1.32. The van der Waals surface area contributed by atoms with E-state index in [4.69, 9.17) is 0 Å². The second-order valence-electron chi connectivity index (χ2n) is 5.32. The molecule has 2 aromatic carbocycles. The van der Waals surface area contributed by atoms with Gasteiger partial charge in [-0.1, -0.05) is 31.2 Å². The number of nitrogens with one attached hydrogen (secondary N) is 1. The van der Waals surface area contributed by atoms with Crippen molar-refractivity contribution < 1.29 is 18.4 Å². The number of benzene rings is 2. The van der Waals surface area contributed by atoms with Crippen molar-refractivity contribution in [2.24, 2.45) is 0 Å². The smallest absolute Gasteiger partial charge is 0.260 e. The highest BCUT2D eigenvalue weighted by Crippen LogP contribution is 2.16. The molecule has 0 spiro atoms. The standard InChI is InChI=1S/C18H18F2N2O2/c1-3-12-7-4-5-10-15(12)21-16(23)11-22(2)18(24)17-13(19)8-6-9-14(17)20/h4-10H,3,11H2,1-2H3,(H,21,23). The van der Waals surface area contributed by atoms with Crippen LogP contribution in [0.25, 0.3) is 0 Å². The van der Waals surface area contributed by atoms with E-state index in [-0.39, 0.29) is 6.54 Å². The van der Waals surface area contributed by atoms with Crippen molar-refractivity contribution in [1.29, 1.82) is 0 Å². The molecule has 2 amide bonds. The summed E-state index contributed by atoms with van der Waals surface area (Å²) < 4.78 is 27.3. The molecule has 0 saturated carbocycles. The number of para-hydroxylation sites is 1. The quantitative estimate of drug-likeness (QED) is 0.914. The Kier molecular flexibility index (Phi) is 5.63. The van der Waals surface area contributed by atoms with Crippen molar-refractivity contribution >= 4 is 17.5 Å². The zero-order valence-corrected chi connectivity index (χ0v) is 13.5. The maximum absolute atomic E-state index is 13.7. The van der Waals surface area contributed by atoms with E-state index in [1.807, 2.05) is 19.1 Å². The zero-order chi connectivity index (χ0) is 17.7. The van der Waals surface area contributed by atoms with Crippen LogP contribution < -0.4 is 5.32 Å². The fourth-order valence-electron chi connectivity index (χ4n) is 2.32. The van der Waals surface area contributed by atoms with Crippen LogP contribution in [0.5, 0.6) is 0 Å². The summed E-state index contributed by atoms with van der Waals surface area (Å²) in [6, 6.07) is 10.5. The molecule has 1 N–H and O–H groups in total. The summed E-state index contributed by atoms with van der Waals surface area (Å²) >= 11 is 0. The third-order valence-corrected chi connectivity index (χ3v) is 3.58. The second kappa shape index (κ2) is 7.68. The molecule has 126 valence electrons. The molecule has 0 heterocycles. The van der Waals surface area contributed by atoms with Gasteiger partial charge >= 0.3 is 0 Å². The minimum Gasteiger partial charge on any atom is -0.332 e. The van der Waals surface area contributed by atoms with Gasteiger partial charge in [0.2, 0.25) is 5.91 Å². The molecule has 0 radical (unpaired) electrons. The largest absolute Gasteiger partial charge is 0.332 e. The monoisotopic (exact) mass is 332 g/mol. The number of hydrogen-bond donors (Lipinski definition) is 1. The van der Waals surface area contributed by atoms with Crippen molar-refractivity contribution in [3.05, 3.63) is 65.2 Å². The van der Waals surface area contributed by atoms with Gasteiger partial charge in [0.25, 0.3) is 5.91 Å². The maximum atomic E-state index is 13.7. The lowest BCUT2D eigenvalue weighted by molar-refractivity contribution is -0.116. The highest BCUT2D eigenvalue weighted by atomic mass is 19.1. The van der Waals surface area contributed by atoms with Crippen LogP contribution in [0.2, 0.25) is 0 Å². The number of anilines is 1. The molecular weight excluding hydrogens is 314 g/mol. The molecule has 6 heteroatoms. The summed E-state index contributed by atoms with van der Waals surface area (Å²) in [5.74, 6) is -3.24. The molecular formula is C18H18F2N2O2. The van der Waals surface area contributed by atoms with Gasteiger partial charge in [-0.15, -0.1) is 0 Å². The summed E-state index contributed by atoms with van der Waals surface area (Å²) in [5, 5.41) is 2.71. The van der Waals surface area contributed by atoms with Crippen molar-refractivity contribution in [2.45, 2.75) is 13.3 Å². The van der Waals surface area contributed by atoms with Crippen LogP contribution in [0.15, 0.2) is 42.5 Å². The van der Waals surface area contributed by atoms with Gasteiger partial charge in [-0.3, -0.25) is 9.59 Å². The van der Waals surface area contributed by atoms with E-state index in [2.05, 4.69) is 5.32 Å². The van der Waals surface area contributed by atoms with Crippen LogP contribution in [-0.2, 0) is 11.2 Å². The number of likely N-dealkylation sites (N-methyl/N-ethyl adjacent to an activating group) is 1. The van der Waals surface area contributed by atoms with Crippen LogP contribution in [0.3, 0.4) is 0 Å². The average molecular weight is 332 g/mol. The molecule has 0 bridgehead atoms. The zero-order valence-electron chi connectivity index (χ0n) is 13.5. The number of carbonyl (C=O) groups excluding carboxylic acids is 2. The predicted molar refractivity (Wildman–Crippen MR) is 87.8 cm³/mol. The van der Waals surface area contributed by atoms with Crippen molar-refractivity contribution in [2.75, 3.05) is 18.9 Å². The number of rotatable bonds is 5. The first-order valence-electron chi connectivity index (χ1n) is 7.51. The molecule has 0 unspecified atom stereocenters. The van der Waals surface area contributed by atoms with Gasteiger partial charge in [-0.05, 0) is 30.2 Å². The number of nitrogens with zero attached hydrogens (tertiary/aromatic N) is 1. The molecule has 0 atom stereocenters. The van der Waals surface area contributed by atoms with Crippen LogP contribution in [0.4, 0.5) is 14.5 Å². The summed E-state index contributed by atoms with van der Waals surface area (Å²) in [6.07, 6.45) is 0.742. The van der Waals surface area contributed by atoms with Gasteiger partial charge in [-0.25, -0.2) is 8.78 Å². The molecule has 2 aromatic rings. The first kappa shape index (κ1) is 17.6. The number of hydrogen-bond acceptors (Lipinski definition) is 2. The second-order valence-corrected chi connectivity index (χ2v) is 5.32. The molecule has 24 heavy (non-hydrogen) atoms. The molecule has 4 nitrogen and oxygen atoms in total. The van der Waals surface area contributed by atoms with E-state index in [9.17, 15) is 18.4 Å². The number of halogens is 2. The third kappa shape index (κ3) is 3.95. The third-order valence-electron chi connectivity index (χ3n) is 3.58. The average Bonchev–Trinajstić information content (AvgIpc) is 2.54. The summed E-state index contributed by atoms with van der Waals surface area (Å²) in [4.78, 5) is 25.2. The van der Waals surface area contributed by atoms with Crippen LogP contribution in [0.1, 0.15) is 22.8 Å². The SMILES string of the molecule is CCc1ccccc1NC(=O)CN(C)C(=O)c1c(F)cccc1F. The van der Waals surface area contributed by atoms with Gasteiger partial charge in [0.15, 0.2) is 0 Å². The minimum absolute atomic E-state index is 0.315. The van der Waals surface area contributed by atoms with Gasteiger partial charge in [0.05, 0.1) is 6.54 Å². The Balaban J connectivity index is 2.07. The molecule has 0 saturated heterocycles. The Hall–Kier alpha value is -2.76. The minimum atomic E-state index is -0.955. The molecule has 0 aliphatic heterocycles. The lowest BCUT2D eigenvalue weighted by atomic mass is 10.1. The molecule has 0 fully saturated rings. The number of amides is 2. The summed E-state index contributed by atoms with van der Waals surface area (Å²) in [6.45, 7) is 1.65. The topological polar surface area (TPSA) is 49.4 Å². The lowest BCUT2D eigenvalue weighted by Gasteiger charge is -2.18. The van der Waals surface area contributed by atoms with Gasteiger partial charge < -0.3 is 10.2 Å². The number of aryl methyl sites for hydroxylation is 1. The maximum Gasteiger partial charge on any atom is 0.260 e. The van der Waals surface area contributed by atoms with E-state index in [0.717, 1.165) is 29.0 Å². The molecule has 0 aromatic heterocycles. The molecule has 2 rings (SSSR count). The van der Waals surface area contributed by atoms with Gasteiger partial charge in [0.1, 0.15) is 17.2 Å². The summed E-state index contributed by atoms with van der Waals surface area (Å²) in [5.41, 5.74) is 0.949. The Morgan fingerprint density at radius 2 is 1.67 bits per heavy atom. The predicted octanol–water partition coefficient (Wildman–Crippen LogP) is 3.24. The normalized spacial score (nSPS) is 10.3. The van der Waals surface area contributed by atoms with Crippen molar-refractivity contribution in [3.63, 3.8) is 0 Å². The van der Waals surface area contributed by atoms with Crippen molar-refractivity contribution in [3.8, 4) is 0 Å². The van der Waals surface area contributed by atoms with Gasteiger partial charge in [-0.2, -0.15) is 0 Å². The Morgan fingerprint density at radius 1 is 1.04 bits per heavy atom. The Labute approximate surface area is 139 Å². The van der Waals surface area contributed by atoms with E-state index in [1.54, 1.807) is 12.1 Å². The van der Waals surface area contributed by atoms with Gasteiger partial charge in [0, 0.05) is 12.7 Å². The van der Waals surface area contributed by atoms with E-state index in [0.29, 0.717) is 5.69 Å². The van der Waals surface area contributed by atoms with Crippen LogP contribution in [-0.4, -0.2) is 30.3 Å².